The van der Waals surface area contributed by atoms with E-state index in [0.29, 0.717) is 30.3 Å². The Morgan fingerprint density at radius 1 is 1.12 bits per heavy atom. The summed E-state index contributed by atoms with van der Waals surface area (Å²) >= 11 is 0. The van der Waals surface area contributed by atoms with E-state index in [9.17, 15) is 9.59 Å². The maximum atomic E-state index is 12.6. The molecule has 136 valence electrons. The molecule has 0 unspecified atom stereocenters. The van der Waals surface area contributed by atoms with E-state index in [0.717, 1.165) is 11.1 Å². The molecule has 1 saturated heterocycles. The summed E-state index contributed by atoms with van der Waals surface area (Å²) in [4.78, 5) is 26.7. The van der Waals surface area contributed by atoms with Crippen molar-refractivity contribution in [1.29, 1.82) is 0 Å². The van der Waals surface area contributed by atoms with E-state index >= 15 is 0 Å². The second-order valence-corrected chi connectivity index (χ2v) is 6.45. The van der Waals surface area contributed by atoms with E-state index in [4.69, 9.17) is 9.47 Å². The zero-order valence-electron chi connectivity index (χ0n) is 15.3. The van der Waals surface area contributed by atoms with Crippen molar-refractivity contribution >= 4 is 17.6 Å². The summed E-state index contributed by atoms with van der Waals surface area (Å²) in [5.41, 5.74) is 2.50. The smallest absolute Gasteiger partial charge is 0.316 e. The van der Waals surface area contributed by atoms with Crippen molar-refractivity contribution in [3.8, 4) is 11.5 Å². The van der Waals surface area contributed by atoms with Crippen molar-refractivity contribution in [2.24, 2.45) is 5.92 Å². The van der Waals surface area contributed by atoms with Gasteiger partial charge in [0, 0.05) is 13.0 Å². The van der Waals surface area contributed by atoms with Gasteiger partial charge in [0.25, 0.3) is 0 Å². The fourth-order valence-corrected chi connectivity index (χ4v) is 3.20. The Kier molecular flexibility index (Phi) is 5.26. The number of hydrogen-bond donors (Lipinski definition) is 0. The lowest BCUT2D eigenvalue weighted by Gasteiger charge is -2.20. The molecule has 0 aliphatic carbocycles. The van der Waals surface area contributed by atoms with Crippen LogP contribution >= 0.6 is 0 Å². The van der Waals surface area contributed by atoms with Gasteiger partial charge in [0.15, 0.2) is 0 Å². The largest absolute Gasteiger partial charge is 0.492 e. The van der Waals surface area contributed by atoms with E-state index in [1.165, 1.54) is 0 Å². The first-order chi connectivity index (χ1) is 12.5. The van der Waals surface area contributed by atoms with Crippen LogP contribution in [0.4, 0.5) is 5.69 Å². The fourth-order valence-electron chi connectivity index (χ4n) is 3.20. The number of amides is 1. The number of aryl methyl sites for hydroxylation is 2. The predicted octanol–water partition coefficient (Wildman–Crippen LogP) is 3.66. The quantitative estimate of drug-likeness (QED) is 0.608. The molecule has 1 atom stereocenters. The molecule has 0 saturated carbocycles. The highest BCUT2D eigenvalue weighted by Crippen LogP contribution is 2.34. The van der Waals surface area contributed by atoms with Crippen LogP contribution in [0, 0.1) is 19.8 Å². The van der Waals surface area contributed by atoms with Crippen molar-refractivity contribution in [2.45, 2.75) is 27.2 Å². The molecule has 0 radical (unpaired) electrons. The highest BCUT2D eigenvalue weighted by atomic mass is 16.5. The molecule has 3 rings (SSSR count). The normalized spacial score (nSPS) is 16.7. The van der Waals surface area contributed by atoms with Gasteiger partial charge in [0.05, 0.1) is 18.2 Å². The van der Waals surface area contributed by atoms with Gasteiger partial charge in [-0.2, -0.15) is 0 Å². The number of hydrogen-bond acceptors (Lipinski definition) is 4. The van der Waals surface area contributed by atoms with Crippen LogP contribution in [0.5, 0.6) is 11.5 Å². The molecule has 0 N–H and O–H groups in total. The summed E-state index contributed by atoms with van der Waals surface area (Å²) in [7, 11) is 0. The molecule has 1 aliphatic rings. The van der Waals surface area contributed by atoms with Crippen LogP contribution in [0.3, 0.4) is 0 Å². The third-order valence-corrected chi connectivity index (χ3v) is 4.53. The summed E-state index contributed by atoms with van der Waals surface area (Å²) in [5, 5.41) is 0. The van der Waals surface area contributed by atoms with Gasteiger partial charge < -0.3 is 14.4 Å². The van der Waals surface area contributed by atoms with Crippen molar-refractivity contribution < 1.29 is 19.1 Å². The molecule has 5 nitrogen and oxygen atoms in total. The van der Waals surface area contributed by atoms with E-state index in [2.05, 4.69) is 0 Å². The summed E-state index contributed by atoms with van der Waals surface area (Å²) < 4.78 is 11.2. The SMILES string of the molecule is CCOc1ccccc1N1C[C@H](C(=O)Oc2c(C)cccc2C)CC1=O. The number of esters is 1. The highest BCUT2D eigenvalue weighted by Gasteiger charge is 2.37. The maximum absolute atomic E-state index is 12.6. The Bertz CT molecular complexity index is 810. The highest BCUT2D eigenvalue weighted by molar-refractivity contribution is 6.00. The number of nitrogens with zero attached hydrogens (tertiary/aromatic N) is 1. The van der Waals surface area contributed by atoms with Crippen molar-refractivity contribution in [1.82, 2.24) is 0 Å². The number of carbonyl (C=O) groups is 2. The average Bonchev–Trinajstić information content (AvgIpc) is 3.01. The molecule has 26 heavy (non-hydrogen) atoms. The van der Waals surface area contributed by atoms with E-state index in [-0.39, 0.29) is 18.3 Å². The molecular weight excluding hydrogens is 330 g/mol. The number of ether oxygens (including phenoxy) is 2. The molecule has 0 aromatic heterocycles. The van der Waals surface area contributed by atoms with Crippen LogP contribution in [-0.2, 0) is 9.59 Å². The van der Waals surface area contributed by atoms with Gasteiger partial charge in [0.2, 0.25) is 5.91 Å². The van der Waals surface area contributed by atoms with E-state index in [1.807, 2.05) is 63.2 Å². The summed E-state index contributed by atoms with van der Waals surface area (Å²) in [6.07, 6.45) is 0.143. The summed E-state index contributed by atoms with van der Waals surface area (Å²) in [5.74, 6) is 0.272. The minimum absolute atomic E-state index is 0.0967. The van der Waals surface area contributed by atoms with Gasteiger partial charge in [-0.25, -0.2) is 0 Å². The second kappa shape index (κ2) is 7.60. The van der Waals surface area contributed by atoms with Crippen LogP contribution < -0.4 is 14.4 Å². The van der Waals surface area contributed by atoms with Crippen LogP contribution in [-0.4, -0.2) is 25.0 Å². The van der Waals surface area contributed by atoms with Gasteiger partial charge in [-0.15, -0.1) is 0 Å². The first kappa shape index (κ1) is 18.0. The number of carbonyl (C=O) groups excluding carboxylic acids is 2. The lowest BCUT2D eigenvalue weighted by atomic mass is 10.1. The number of benzene rings is 2. The topological polar surface area (TPSA) is 55.8 Å². The third-order valence-electron chi connectivity index (χ3n) is 4.53. The van der Waals surface area contributed by atoms with Crippen LogP contribution in [0.2, 0.25) is 0 Å². The number of para-hydroxylation sites is 3. The van der Waals surface area contributed by atoms with Crippen molar-refractivity contribution in [3.63, 3.8) is 0 Å². The Morgan fingerprint density at radius 2 is 1.81 bits per heavy atom. The Morgan fingerprint density at radius 3 is 2.50 bits per heavy atom. The maximum Gasteiger partial charge on any atom is 0.316 e. The van der Waals surface area contributed by atoms with Crippen LogP contribution in [0.15, 0.2) is 42.5 Å². The zero-order chi connectivity index (χ0) is 18.7. The van der Waals surface area contributed by atoms with Gasteiger partial charge in [-0.1, -0.05) is 30.3 Å². The molecular formula is C21H23NO4. The van der Waals surface area contributed by atoms with Crippen molar-refractivity contribution in [2.75, 3.05) is 18.1 Å². The van der Waals surface area contributed by atoms with Crippen LogP contribution in [0.25, 0.3) is 0 Å². The molecule has 0 spiro atoms. The van der Waals surface area contributed by atoms with Crippen LogP contribution in [0.1, 0.15) is 24.5 Å². The third kappa shape index (κ3) is 3.57. The average molecular weight is 353 g/mol. The lowest BCUT2D eigenvalue weighted by molar-refractivity contribution is -0.139. The molecule has 1 amide bonds. The van der Waals surface area contributed by atoms with E-state index in [1.54, 1.807) is 4.90 Å². The molecule has 0 bridgehead atoms. The first-order valence-corrected chi connectivity index (χ1v) is 8.81. The Hall–Kier alpha value is -2.82. The molecule has 2 aromatic carbocycles. The number of anilines is 1. The minimum Gasteiger partial charge on any atom is -0.492 e. The Labute approximate surface area is 153 Å². The minimum atomic E-state index is -0.490. The van der Waals surface area contributed by atoms with Gasteiger partial charge in [-0.05, 0) is 44.0 Å². The molecule has 1 heterocycles. The summed E-state index contributed by atoms with van der Waals surface area (Å²) in [6, 6.07) is 13.1. The zero-order valence-corrected chi connectivity index (χ0v) is 15.3. The van der Waals surface area contributed by atoms with Gasteiger partial charge in [-0.3, -0.25) is 9.59 Å². The standard InChI is InChI=1S/C21H23NO4/c1-4-25-18-11-6-5-10-17(18)22-13-16(12-19(22)23)21(24)26-20-14(2)8-7-9-15(20)3/h5-11,16H,4,12-13H2,1-3H3/t16-/m1/s1. The molecule has 5 heteroatoms. The van der Waals surface area contributed by atoms with Gasteiger partial charge in [0.1, 0.15) is 11.5 Å². The monoisotopic (exact) mass is 353 g/mol. The fraction of sp³-hybridized carbons (Fsp3) is 0.333. The summed E-state index contributed by atoms with van der Waals surface area (Å²) in [6.45, 7) is 6.51. The molecule has 2 aromatic rings. The predicted molar refractivity (Wildman–Crippen MR) is 99.6 cm³/mol. The van der Waals surface area contributed by atoms with E-state index < -0.39 is 5.92 Å². The first-order valence-electron chi connectivity index (χ1n) is 8.81. The molecule has 1 aliphatic heterocycles. The lowest BCUT2D eigenvalue weighted by Crippen LogP contribution is -2.27. The Balaban J connectivity index is 1.77. The van der Waals surface area contributed by atoms with Gasteiger partial charge >= 0.3 is 5.97 Å². The molecule has 1 fully saturated rings. The number of rotatable bonds is 5. The second-order valence-electron chi connectivity index (χ2n) is 6.45. The van der Waals surface area contributed by atoms with Crippen molar-refractivity contribution in [3.05, 3.63) is 53.6 Å².